The molecule has 1 unspecified atom stereocenters. The van der Waals surface area contributed by atoms with Crippen molar-refractivity contribution in [2.45, 2.75) is 39.2 Å². The van der Waals surface area contributed by atoms with Gasteiger partial charge in [0.15, 0.2) is 0 Å². The Hall–Kier alpha value is -0.870. The number of benzene rings is 1. The molecule has 1 aromatic rings. The van der Waals surface area contributed by atoms with Gasteiger partial charge in [0.2, 0.25) is 0 Å². The van der Waals surface area contributed by atoms with Crippen molar-refractivity contribution in [1.82, 2.24) is 5.32 Å². The van der Waals surface area contributed by atoms with E-state index in [1.165, 1.54) is 17.4 Å². The Morgan fingerprint density at radius 2 is 1.84 bits per heavy atom. The van der Waals surface area contributed by atoms with Crippen molar-refractivity contribution in [3.63, 3.8) is 0 Å². The summed E-state index contributed by atoms with van der Waals surface area (Å²) in [5, 5.41) is 3.44. The van der Waals surface area contributed by atoms with E-state index in [2.05, 4.69) is 43.4 Å². The topological polar surface area (TPSA) is 46.2 Å². The highest BCUT2D eigenvalue weighted by atomic mass is 32.2. The van der Waals surface area contributed by atoms with Gasteiger partial charge in [-0.15, -0.1) is 0 Å². The number of nitrogens with one attached hydrogen (secondary N) is 1. The second-order valence-electron chi connectivity index (χ2n) is 5.26. The average Bonchev–Trinajstić information content (AvgIpc) is 2.34. The molecule has 0 heterocycles. The van der Waals surface area contributed by atoms with Gasteiger partial charge in [-0.1, -0.05) is 36.8 Å². The molecule has 1 aromatic carbocycles. The summed E-state index contributed by atoms with van der Waals surface area (Å²) in [4.78, 5) is 0. The van der Waals surface area contributed by atoms with Gasteiger partial charge in [-0.2, -0.15) is 0 Å². The predicted octanol–water partition coefficient (Wildman–Crippen LogP) is 2.34. The van der Waals surface area contributed by atoms with Crippen LogP contribution in [0.2, 0.25) is 0 Å². The van der Waals surface area contributed by atoms with E-state index >= 15 is 0 Å². The Morgan fingerprint density at radius 1 is 1.21 bits per heavy atom. The van der Waals surface area contributed by atoms with Crippen molar-refractivity contribution < 1.29 is 8.42 Å². The highest BCUT2D eigenvalue weighted by Gasteiger charge is 2.12. The summed E-state index contributed by atoms with van der Waals surface area (Å²) in [6.07, 6.45) is 3.92. The Morgan fingerprint density at radius 3 is 2.37 bits per heavy atom. The maximum Gasteiger partial charge on any atom is 0.147 e. The molecule has 0 radical (unpaired) electrons. The molecule has 3 nitrogen and oxygen atoms in total. The molecule has 0 aromatic heterocycles. The molecule has 0 spiro atoms. The summed E-state index contributed by atoms with van der Waals surface area (Å²) in [5.41, 5.74) is 2.51. The molecule has 0 bridgehead atoms. The van der Waals surface area contributed by atoms with E-state index in [4.69, 9.17) is 0 Å². The highest BCUT2D eigenvalue weighted by molar-refractivity contribution is 7.90. The number of hydrogen-bond acceptors (Lipinski definition) is 3. The second-order valence-corrected chi connectivity index (χ2v) is 7.52. The lowest BCUT2D eigenvalue weighted by Crippen LogP contribution is -2.33. The van der Waals surface area contributed by atoms with Gasteiger partial charge in [-0.05, 0) is 38.3 Å². The standard InChI is InChI=1S/C15H25NO2S/c1-4-10-16-15(9-11-19(3,17)18)12-14-7-5-13(2)6-8-14/h5-8,15-16H,4,9-12H2,1-3H3. The van der Waals surface area contributed by atoms with E-state index in [0.717, 1.165) is 19.4 Å². The van der Waals surface area contributed by atoms with Crippen molar-refractivity contribution in [3.8, 4) is 0 Å². The fourth-order valence-corrected chi connectivity index (χ4v) is 2.70. The Bertz CT molecular complexity index is 465. The van der Waals surface area contributed by atoms with Crippen LogP contribution in [-0.4, -0.2) is 33.0 Å². The summed E-state index contributed by atoms with van der Waals surface area (Å²) >= 11 is 0. The van der Waals surface area contributed by atoms with Crippen LogP contribution in [0.5, 0.6) is 0 Å². The van der Waals surface area contributed by atoms with E-state index in [0.29, 0.717) is 6.42 Å². The van der Waals surface area contributed by atoms with Gasteiger partial charge in [0, 0.05) is 12.3 Å². The molecular formula is C15H25NO2S. The van der Waals surface area contributed by atoms with E-state index < -0.39 is 9.84 Å². The molecule has 0 saturated carbocycles. The molecule has 1 rings (SSSR count). The lowest BCUT2D eigenvalue weighted by molar-refractivity contribution is 0.491. The van der Waals surface area contributed by atoms with Crippen molar-refractivity contribution in [2.24, 2.45) is 0 Å². The maximum absolute atomic E-state index is 11.3. The molecule has 0 amide bonds. The third-order valence-electron chi connectivity index (χ3n) is 3.12. The van der Waals surface area contributed by atoms with Crippen molar-refractivity contribution in [2.75, 3.05) is 18.6 Å². The van der Waals surface area contributed by atoms with Crippen LogP contribution in [0.15, 0.2) is 24.3 Å². The zero-order chi connectivity index (χ0) is 14.3. The van der Waals surface area contributed by atoms with Gasteiger partial charge < -0.3 is 5.32 Å². The highest BCUT2D eigenvalue weighted by Crippen LogP contribution is 2.09. The van der Waals surface area contributed by atoms with Gasteiger partial charge in [-0.25, -0.2) is 8.42 Å². The first-order valence-electron chi connectivity index (χ1n) is 6.87. The van der Waals surface area contributed by atoms with E-state index in [1.807, 2.05) is 0 Å². The third-order valence-corrected chi connectivity index (χ3v) is 4.10. The molecule has 1 N–H and O–H groups in total. The second kappa shape index (κ2) is 7.65. The Labute approximate surface area is 117 Å². The number of aryl methyl sites for hydroxylation is 1. The largest absolute Gasteiger partial charge is 0.314 e. The fraction of sp³-hybridized carbons (Fsp3) is 0.600. The minimum absolute atomic E-state index is 0.234. The summed E-state index contributed by atoms with van der Waals surface area (Å²) in [6.45, 7) is 5.12. The minimum atomic E-state index is -2.88. The van der Waals surface area contributed by atoms with Crippen LogP contribution in [0.3, 0.4) is 0 Å². The van der Waals surface area contributed by atoms with Crippen LogP contribution in [0.25, 0.3) is 0 Å². The quantitative estimate of drug-likeness (QED) is 0.796. The molecule has 108 valence electrons. The normalized spacial score (nSPS) is 13.4. The molecule has 0 fully saturated rings. The van der Waals surface area contributed by atoms with Gasteiger partial charge >= 0.3 is 0 Å². The molecule has 0 saturated heterocycles. The van der Waals surface area contributed by atoms with Crippen molar-refractivity contribution in [1.29, 1.82) is 0 Å². The summed E-state index contributed by atoms with van der Waals surface area (Å²) in [7, 11) is -2.88. The van der Waals surface area contributed by atoms with Gasteiger partial charge in [0.1, 0.15) is 9.84 Å². The molecule has 19 heavy (non-hydrogen) atoms. The number of rotatable bonds is 8. The molecule has 0 aliphatic carbocycles. The Kier molecular flexibility index (Phi) is 6.52. The molecule has 0 aliphatic rings. The zero-order valence-electron chi connectivity index (χ0n) is 12.1. The van der Waals surface area contributed by atoms with E-state index in [9.17, 15) is 8.42 Å². The molecule has 0 aliphatic heterocycles. The zero-order valence-corrected chi connectivity index (χ0v) is 13.0. The van der Waals surface area contributed by atoms with Crippen LogP contribution < -0.4 is 5.32 Å². The van der Waals surface area contributed by atoms with Crippen LogP contribution in [0.1, 0.15) is 30.9 Å². The van der Waals surface area contributed by atoms with E-state index in [-0.39, 0.29) is 11.8 Å². The van der Waals surface area contributed by atoms with Crippen molar-refractivity contribution >= 4 is 9.84 Å². The number of hydrogen-bond donors (Lipinski definition) is 1. The maximum atomic E-state index is 11.3. The first-order chi connectivity index (χ1) is 8.90. The van der Waals surface area contributed by atoms with Crippen LogP contribution in [0.4, 0.5) is 0 Å². The summed E-state index contributed by atoms with van der Waals surface area (Å²) < 4.78 is 22.6. The molecule has 1 atom stereocenters. The number of sulfone groups is 1. The van der Waals surface area contributed by atoms with Gasteiger partial charge in [0.05, 0.1) is 5.75 Å². The summed E-state index contributed by atoms with van der Waals surface area (Å²) in [6, 6.07) is 8.68. The smallest absolute Gasteiger partial charge is 0.147 e. The minimum Gasteiger partial charge on any atom is -0.314 e. The summed E-state index contributed by atoms with van der Waals surface area (Å²) in [5.74, 6) is 0.250. The van der Waals surface area contributed by atoms with E-state index in [1.54, 1.807) is 0 Å². The van der Waals surface area contributed by atoms with Crippen LogP contribution in [-0.2, 0) is 16.3 Å². The van der Waals surface area contributed by atoms with Crippen molar-refractivity contribution in [3.05, 3.63) is 35.4 Å². The lowest BCUT2D eigenvalue weighted by Gasteiger charge is -2.18. The fourth-order valence-electron chi connectivity index (χ4n) is 1.99. The van der Waals surface area contributed by atoms with Gasteiger partial charge in [0.25, 0.3) is 0 Å². The first-order valence-corrected chi connectivity index (χ1v) is 8.93. The monoisotopic (exact) mass is 283 g/mol. The average molecular weight is 283 g/mol. The van der Waals surface area contributed by atoms with Gasteiger partial charge in [-0.3, -0.25) is 0 Å². The first kappa shape index (κ1) is 16.2. The van der Waals surface area contributed by atoms with Crippen LogP contribution >= 0.6 is 0 Å². The third kappa shape index (κ3) is 7.33. The Balaban J connectivity index is 2.60. The lowest BCUT2D eigenvalue weighted by atomic mass is 10.0. The molecule has 4 heteroatoms. The SMILES string of the molecule is CCCNC(CCS(C)(=O)=O)Cc1ccc(C)cc1. The van der Waals surface area contributed by atoms with Crippen LogP contribution in [0, 0.1) is 6.92 Å². The molecular weight excluding hydrogens is 258 g/mol. The predicted molar refractivity (Wildman–Crippen MR) is 81.3 cm³/mol.